The number of carbonyl (C=O) groups is 1. The van der Waals surface area contributed by atoms with Crippen molar-refractivity contribution < 1.29 is 18.3 Å². The SMILES string of the molecule is Cn1cc(NC(=O)c2csc(-c3c(F)cc4c(c3F)OCCC4)n2)cn1. The molecule has 4 rings (SSSR count). The van der Waals surface area contributed by atoms with Crippen LogP contribution in [0.5, 0.6) is 5.75 Å². The van der Waals surface area contributed by atoms with Gasteiger partial charge in [-0.1, -0.05) is 0 Å². The van der Waals surface area contributed by atoms with Gasteiger partial charge >= 0.3 is 0 Å². The number of benzene rings is 1. The largest absolute Gasteiger partial charge is 0.490 e. The first kappa shape index (κ1) is 16.6. The lowest BCUT2D eigenvalue weighted by molar-refractivity contribution is 0.102. The van der Waals surface area contributed by atoms with Crippen molar-refractivity contribution in [2.45, 2.75) is 12.8 Å². The molecule has 0 spiro atoms. The molecule has 26 heavy (non-hydrogen) atoms. The molecule has 3 aromatic rings. The molecule has 0 saturated carbocycles. The number of fused-ring (bicyclic) bond motifs is 1. The molecule has 1 N–H and O–H groups in total. The van der Waals surface area contributed by atoms with E-state index in [0.717, 1.165) is 17.8 Å². The number of anilines is 1. The van der Waals surface area contributed by atoms with E-state index < -0.39 is 17.5 Å². The molecule has 134 valence electrons. The van der Waals surface area contributed by atoms with Crippen LogP contribution in [0.2, 0.25) is 0 Å². The Hall–Kier alpha value is -2.81. The third kappa shape index (κ3) is 2.94. The number of aromatic nitrogens is 3. The lowest BCUT2D eigenvalue weighted by atomic mass is 10.0. The van der Waals surface area contributed by atoms with E-state index in [-0.39, 0.29) is 22.0 Å². The van der Waals surface area contributed by atoms with E-state index in [2.05, 4.69) is 15.4 Å². The summed E-state index contributed by atoms with van der Waals surface area (Å²) >= 11 is 0.997. The summed E-state index contributed by atoms with van der Waals surface area (Å²) in [5, 5.41) is 8.13. The summed E-state index contributed by atoms with van der Waals surface area (Å²) in [6.45, 7) is 0.394. The molecule has 2 aromatic heterocycles. The minimum Gasteiger partial charge on any atom is -0.490 e. The lowest BCUT2D eigenvalue weighted by Gasteiger charge is -2.19. The van der Waals surface area contributed by atoms with E-state index >= 15 is 0 Å². The molecule has 0 bridgehead atoms. The van der Waals surface area contributed by atoms with Gasteiger partial charge in [0.2, 0.25) is 0 Å². The smallest absolute Gasteiger partial charge is 0.275 e. The van der Waals surface area contributed by atoms with Gasteiger partial charge < -0.3 is 10.1 Å². The molecular weight excluding hydrogens is 362 g/mol. The van der Waals surface area contributed by atoms with Crippen LogP contribution in [-0.2, 0) is 13.5 Å². The molecule has 3 heterocycles. The van der Waals surface area contributed by atoms with Crippen LogP contribution < -0.4 is 10.1 Å². The maximum absolute atomic E-state index is 14.8. The quantitative estimate of drug-likeness (QED) is 0.761. The minimum absolute atomic E-state index is 0.0733. The van der Waals surface area contributed by atoms with Crippen LogP contribution in [0.25, 0.3) is 10.6 Å². The average Bonchev–Trinajstić information content (AvgIpc) is 3.24. The van der Waals surface area contributed by atoms with Crippen LogP contribution in [-0.4, -0.2) is 27.3 Å². The van der Waals surface area contributed by atoms with Gasteiger partial charge in [0.25, 0.3) is 5.91 Å². The number of ether oxygens (including phenoxy) is 1. The second-order valence-corrected chi connectivity index (χ2v) is 6.74. The summed E-state index contributed by atoms with van der Waals surface area (Å²) in [5.74, 6) is -1.88. The lowest BCUT2D eigenvalue weighted by Crippen LogP contribution is -2.12. The van der Waals surface area contributed by atoms with Crippen LogP contribution in [0.1, 0.15) is 22.5 Å². The highest BCUT2D eigenvalue weighted by molar-refractivity contribution is 7.13. The molecule has 1 aliphatic rings. The molecule has 6 nitrogen and oxygen atoms in total. The topological polar surface area (TPSA) is 69.0 Å². The van der Waals surface area contributed by atoms with Crippen molar-refractivity contribution in [3.05, 3.63) is 46.7 Å². The molecule has 0 unspecified atom stereocenters. The number of hydrogen-bond donors (Lipinski definition) is 1. The Morgan fingerprint density at radius 3 is 3.04 bits per heavy atom. The summed E-state index contributed by atoms with van der Waals surface area (Å²) in [5.41, 5.74) is 0.829. The van der Waals surface area contributed by atoms with Crippen molar-refractivity contribution in [3.8, 4) is 16.3 Å². The fourth-order valence-electron chi connectivity index (χ4n) is 2.80. The number of rotatable bonds is 3. The second kappa shape index (κ2) is 6.49. The number of aryl methyl sites for hydroxylation is 2. The molecule has 1 amide bonds. The first-order chi connectivity index (χ1) is 12.5. The fourth-order valence-corrected chi connectivity index (χ4v) is 3.64. The van der Waals surface area contributed by atoms with E-state index in [9.17, 15) is 13.6 Å². The van der Waals surface area contributed by atoms with Crippen molar-refractivity contribution in [2.24, 2.45) is 7.05 Å². The van der Waals surface area contributed by atoms with Gasteiger partial charge in [0.15, 0.2) is 11.6 Å². The Bertz CT molecular complexity index is 999. The van der Waals surface area contributed by atoms with Crippen LogP contribution >= 0.6 is 11.3 Å². The monoisotopic (exact) mass is 376 g/mol. The Labute approximate surface area is 151 Å². The highest BCUT2D eigenvalue weighted by atomic mass is 32.1. The van der Waals surface area contributed by atoms with Crippen molar-refractivity contribution in [1.29, 1.82) is 0 Å². The maximum atomic E-state index is 14.8. The third-order valence-corrected chi connectivity index (χ3v) is 4.86. The van der Waals surface area contributed by atoms with E-state index in [1.807, 2.05) is 0 Å². The molecule has 1 aromatic carbocycles. The normalized spacial score (nSPS) is 13.2. The Balaban J connectivity index is 1.65. The van der Waals surface area contributed by atoms with Gasteiger partial charge in [0.05, 0.1) is 24.1 Å². The summed E-state index contributed by atoms with van der Waals surface area (Å²) < 4.78 is 36.1. The number of amides is 1. The highest BCUT2D eigenvalue weighted by Gasteiger charge is 2.25. The van der Waals surface area contributed by atoms with Gasteiger partial charge in [-0.05, 0) is 18.9 Å². The minimum atomic E-state index is -0.770. The molecule has 9 heteroatoms. The van der Waals surface area contributed by atoms with E-state index in [1.165, 1.54) is 17.6 Å². The number of hydrogen-bond acceptors (Lipinski definition) is 5. The van der Waals surface area contributed by atoms with Gasteiger partial charge in [-0.3, -0.25) is 9.48 Å². The standard InChI is InChI=1S/C17H14F2N4O2S/c1-23-7-10(6-20-23)21-16(24)12-8-26-17(22-12)13-11(18)5-9-3-2-4-25-15(9)14(13)19/h5-8H,2-4H2,1H3,(H,21,24). The molecule has 0 fully saturated rings. The van der Waals surface area contributed by atoms with Crippen LogP contribution in [0.4, 0.5) is 14.5 Å². The number of nitrogens with zero attached hydrogens (tertiary/aromatic N) is 3. The average molecular weight is 376 g/mol. The van der Waals surface area contributed by atoms with Gasteiger partial charge in [0.1, 0.15) is 16.5 Å². The number of thiazole rings is 1. The Morgan fingerprint density at radius 1 is 1.42 bits per heavy atom. The van der Waals surface area contributed by atoms with Crippen molar-refractivity contribution >= 4 is 22.9 Å². The number of nitrogens with one attached hydrogen (secondary N) is 1. The summed E-state index contributed by atoms with van der Waals surface area (Å²) in [7, 11) is 1.72. The summed E-state index contributed by atoms with van der Waals surface area (Å²) in [6, 6.07) is 1.28. The number of carbonyl (C=O) groups excluding carboxylic acids is 1. The van der Waals surface area contributed by atoms with E-state index in [1.54, 1.807) is 17.9 Å². The molecular formula is C17H14F2N4O2S. The third-order valence-electron chi connectivity index (χ3n) is 4.00. The molecule has 0 saturated heterocycles. The maximum Gasteiger partial charge on any atom is 0.275 e. The number of halogens is 2. The zero-order valence-corrected chi connectivity index (χ0v) is 14.6. The van der Waals surface area contributed by atoms with Crippen LogP contribution in [0.3, 0.4) is 0 Å². The van der Waals surface area contributed by atoms with E-state index in [4.69, 9.17) is 4.74 Å². The highest BCUT2D eigenvalue weighted by Crippen LogP contribution is 2.38. The van der Waals surface area contributed by atoms with Gasteiger partial charge in [-0.15, -0.1) is 11.3 Å². The molecule has 0 atom stereocenters. The fraction of sp³-hybridized carbons (Fsp3) is 0.235. The van der Waals surface area contributed by atoms with Crippen molar-refractivity contribution in [2.75, 3.05) is 11.9 Å². The summed E-state index contributed by atoms with van der Waals surface area (Å²) in [6.07, 6.45) is 4.41. The second-order valence-electron chi connectivity index (χ2n) is 5.88. The molecule has 0 aliphatic carbocycles. The predicted octanol–water partition coefficient (Wildman–Crippen LogP) is 3.40. The first-order valence-electron chi connectivity index (χ1n) is 7.92. The van der Waals surface area contributed by atoms with Gasteiger partial charge in [-0.25, -0.2) is 13.8 Å². The Kier molecular flexibility index (Phi) is 4.15. The summed E-state index contributed by atoms with van der Waals surface area (Å²) in [4.78, 5) is 16.4. The zero-order chi connectivity index (χ0) is 18.3. The zero-order valence-electron chi connectivity index (χ0n) is 13.8. The van der Waals surface area contributed by atoms with Crippen LogP contribution in [0.15, 0.2) is 23.8 Å². The predicted molar refractivity (Wildman–Crippen MR) is 92.4 cm³/mol. The molecule has 1 aliphatic heterocycles. The van der Waals surface area contributed by atoms with Crippen molar-refractivity contribution in [3.63, 3.8) is 0 Å². The first-order valence-corrected chi connectivity index (χ1v) is 8.80. The van der Waals surface area contributed by atoms with Crippen molar-refractivity contribution in [1.82, 2.24) is 14.8 Å². The van der Waals surface area contributed by atoms with Gasteiger partial charge in [0, 0.05) is 24.2 Å². The van der Waals surface area contributed by atoms with E-state index in [0.29, 0.717) is 24.3 Å². The Morgan fingerprint density at radius 2 is 2.27 bits per heavy atom. The van der Waals surface area contributed by atoms with Crippen LogP contribution in [0, 0.1) is 11.6 Å². The van der Waals surface area contributed by atoms with Gasteiger partial charge in [-0.2, -0.15) is 5.10 Å². The molecule has 0 radical (unpaired) electrons.